The summed E-state index contributed by atoms with van der Waals surface area (Å²) in [5, 5.41) is 13.1. The Morgan fingerprint density at radius 2 is 1.17 bits per heavy atom. The van der Waals surface area contributed by atoms with Crippen molar-refractivity contribution in [2.24, 2.45) is 0 Å². The fourth-order valence-electron chi connectivity index (χ4n) is 6.37. The third kappa shape index (κ3) is 6.84. The van der Waals surface area contributed by atoms with E-state index in [4.69, 9.17) is 9.47 Å². The van der Waals surface area contributed by atoms with Crippen LogP contribution in [0.15, 0.2) is 140 Å². The van der Waals surface area contributed by atoms with Crippen molar-refractivity contribution in [2.75, 3.05) is 36.0 Å². The third-order valence-electron chi connectivity index (χ3n) is 8.86. The summed E-state index contributed by atoms with van der Waals surface area (Å²) in [7, 11) is 0. The van der Waals surface area contributed by atoms with E-state index in [0.717, 1.165) is 65.1 Å². The highest BCUT2D eigenvalue weighted by Gasteiger charge is 2.26. The van der Waals surface area contributed by atoms with Crippen LogP contribution in [0.5, 0.6) is 5.75 Å². The van der Waals surface area contributed by atoms with Crippen molar-refractivity contribution in [3.63, 3.8) is 0 Å². The molecule has 0 N–H and O–H groups in total. The van der Waals surface area contributed by atoms with Gasteiger partial charge in [-0.2, -0.15) is 5.26 Å². The highest BCUT2D eigenvalue weighted by atomic mass is 16.5. The molecule has 47 heavy (non-hydrogen) atoms. The number of nitriles is 1. The molecule has 0 spiro atoms. The predicted molar refractivity (Wildman–Crippen MR) is 191 cm³/mol. The van der Waals surface area contributed by atoms with Gasteiger partial charge in [0.25, 0.3) is 0 Å². The molecule has 0 amide bonds. The van der Waals surface area contributed by atoms with E-state index >= 15 is 0 Å². The molecule has 0 saturated carbocycles. The van der Waals surface area contributed by atoms with Gasteiger partial charge in [-0.1, -0.05) is 115 Å². The molecule has 0 bridgehead atoms. The Balaban J connectivity index is 1.32. The van der Waals surface area contributed by atoms with Gasteiger partial charge in [0.05, 0.1) is 24.5 Å². The molecule has 5 heteroatoms. The number of fused-ring (bicyclic) bond motifs is 1. The van der Waals surface area contributed by atoms with Crippen LogP contribution in [0.25, 0.3) is 21.9 Å². The maximum Gasteiger partial charge on any atom is 0.134 e. The molecule has 0 aromatic heterocycles. The normalized spacial score (nSPS) is 13.0. The van der Waals surface area contributed by atoms with E-state index in [0.29, 0.717) is 24.5 Å². The van der Waals surface area contributed by atoms with Crippen molar-refractivity contribution in [2.45, 2.75) is 19.8 Å². The zero-order chi connectivity index (χ0) is 31.8. The number of ether oxygens (including phenoxy) is 2. The summed E-state index contributed by atoms with van der Waals surface area (Å²) >= 11 is 0. The Morgan fingerprint density at radius 1 is 0.574 bits per heavy atom. The fraction of sp³-hybridized carbons (Fsp3) is 0.167. The number of para-hydroxylation sites is 1. The van der Waals surface area contributed by atoms with Crippen molar-refractivity contribution >= 4 is 22.1 Å². The van der Waals surface area contributed by atoms with E-state index in [-0.39, 0.29) is 6.61 Å². The molecule has 1 aliphatic rings. The second kappa shape index (κ2) is 14.2. The number of piperazine rings is 1. The van der Waals surface area contributed by atoms with Gasteiger partial charge in [0.1, 0.15) is 18.4 Å². The molecule has 0 atom stereocenters. The molecule has 1 aliphatic heterocycles. The molecule has 232 valence electrons. The number of anilines is 2. The van der Waals surface area contributed by atoms with Crippen LogP contribution in [0.4, 0.5) is 11.4 Å². The Hall–Kier alpha value is -5.57. The second-order valence-corrected chi connectivity index (χ2v) is 11.9. The monoisotopic (exact) mass is 615 g/mol. The zero-order valence-electron chi connectivity index (χ0n) is 26.4. The van der Waals surface area contributed by atoms with Gasteiger partial charge in [-0.15, -0.1) is 0 Å². The van der Waals surface area contributed by atoms with Gasteiger partial charge in [0.15, 0.2) is 0 Å². The maximum absolute atomic E-state index is 10.8. The second-order valence-electron chi connectivity index (χ2n) is 11.9. The van der Waals surface area contributed by atoms with E-state index < -0.39 is 0 Å². The number of hydrogen-bond acceptors (Lipinski definition) is 5. The number of hydrogen-bond donors (Lipinski definition) is 0. The topological polar surface area (TPSA) is 48.7 Å². The van der Waals surface area contributed by atoms with Gasteiger partial charge in [-0.05, 0) is 51.7 Å². The molecule has 0 unspecified atom stereocenters. The molecular weight excluding hydrogens is 578 g/mol. The zero-order valence-corrected chi connectivity index (χ0v) is 26.4. The molecule has 5 nitrogen and oxygen atoms in total. The molecular formula is C42H37N3O2. The van der Waals surface area contributed by atoms with Gasteiger partial charge in [-0.3, -0.25) is 0 Å². The van der Waals surface area contributed by atoms with Gasteiger partial charge in [0, 0.05) is 43.0 Å². The van der Waals surface area contributed by atoms with E-state index in [9.17, 15) is 5.26 Å². The molecule has 6 aromatic carbocycles. The van der Waals surface area contributed by atoms with Gasteiger partial charge in [-0.25, -0.2) is 0 Å². The smallest absolute Gasteiger partial charge is 0.134 e. The summed E-state index contributed by atoms with van der Waals surface area (Å²) in [6.07, 6.45) is 0. The van der Waals surface area contributed by atoms with Crippen LogP contribution in [-0.2, 0) is 24.6 Å². The third-order valence-corrected chi connectivity index (χ3v) is 8.86. The number of benzene rings is 6. The Kier molecular flexibility index (Phi) is 9.12. The van der Waals surface area contributed by atoms with Crippen LogP contribution in [-0.4, -0.2) is 26.2 Å². The van der Waals surface area contributed by atoms with E-state index in [1.54, 1.807) is 0 Å². The first-order valence-corrected chi connectivity index (χ1v) is 16.2. The van der Waals surface area contributed by atoms with Crippen LogP contribution in [0, 0.1) is 11.3 Å². The van der Waals surface area contributed by atoms with Crippen LogP contribution >= 0.6 is 0 Å². The summed E-state index contributed by atoms with van der Waals surface area (Å²) in [4.78, 5) is 4.76. The predicted octanol–water partition coefficient (Wildman–Crippen LogP) is 9.00. The minimum absolute atomic E-state index is 0.250. The summed E-state index contributed by atoms with van der Waals surface area (Å²) < 4.78 is 13.1. The Bertz CT molecular complexity index is 1980. The first-order chi connectivity index (χ1) is 23.3. The van der Waals surface area contributed by atoms with Crippen LogP contribution in [0.2, 0.25) is 0 Å². The maximum atomic E-state index is 10.8. The molecule has 1 fully saturated rings. The molecule has 7 rings (SSSR count). The number of nitrogens with zero attached hydrogens (tertiary/aromatic N) is 3. The van der Waals surface area contributed by atoms with E-state index in [1.807, 2.05) is 36.4 Å². The van der Waals surface area contributed by atoms with E-state index in [2.05, 4.69) is 119 Å². The highest BCUT2D eigenvalue weighted by molar-refractivity contribution is 5.90. The summed E-state index contributed by atoms with van der Waals surface area (Å²) in [5.74, 6) is 0.695. The lowest BCUT2D eigenvalue weighted by atomic mass is 9.94. The van der Waals surface area contributed by atoms with Crippen molar-refractivity contribution in [3.05, 3.63) is 162 Å². The van der Waals surface area contributed by atoms with Crippen molar-refractivity contribution in [3.8, 4) is 22.9 Å². The van der Waals surface area contributed by atoms with Crippen LogP contribution in [0.1, 0.15) is 22.3 Å². The summed E-state index contributed by atoms with van der Waals surface area (Å²) in [5.41, 5.74) is 7.70. The van der Waals surface area contributed by atoms with Crippen molar-refractivity contribution < 1.29 is 9.47 Å². The first-order valence-electron chi connectivity index (χ1n) is 16.2. The van der Waals surface area contributed by atoms with Crippen LogP contribution < -0.4 is 14.5 Å². The van der Waals surface area contributed by atoms with Crippen LogP contribution in [0.3, 0.4) is 0 Å². The standard InChI is InChI=1S/C42H37N3O2/c43-28-39-40(31-46-29-32-12-4-1-5-13-32)42(47-30-33-14-6-2-7-15-33)38(36-21-20-34-16-10-11-17-35(34)26-36)27-41(39)45-24-22-44(23-25-45)37-18-8-3-9-19-37/h1-21,26-27H,22-25,29-31H2. The first kappa shape index (κ1) is 30.1. The summed E-state index contributed by atoms with van der Waals surface area (Å²) in [6.45, 7) is 4.41. The molecule has 1 heterocycles. The lowest BCUT2D eigenvalue weighted by molar-refractivity contribution is 0.104. The largest absolute Gasteiger partial charge is 0.488 e. The lowest BCUT2D eigenvalue weighted by Gasteiger charge is -2.38. The average molecular weight is 616 g/mol. The molecule has 1 saturated heterocycles. The minimum atomic E-state index is 0.250. The van der Waals surface area contributed by atoms with Gasteiger partial charge >= 0.3 is 0 Å². The number of rotatable bonds is 10. The summed E-state index contributed by atoms with van der Waals surface area (Å²) in [6, 6.07) is 50.6. The van der Waals surface area contributed by atoms with E-state index in [1.165, 1.54) is 11.1 Å². The molecule has 0 radical (unpaired) electrons. The average Bonchev–Trinajstić information content (AvgIpc) is 3.15. The quantitative estimate of drug-likeness (QED) is 0.154. The van der Waals surface area contributed by atoms with Crippen molar-refractivity contribution in [1.29, 1.82) is 5.26 Å². The molecule has 6 aromatic rings. The minimum Gasteiger partial charge on any atom is -0.488 e. The SMILES string of the molecule is N#Cc1c(N2CCN(c3ccccc3)CC2)cc(-c2ccc3ccccc3c2)c(OCc2ccccc2)c1COCc1ccccc1. The van der Waals surface area contributed by atoms with Gasteiger partial charge < -0.3 is 19.3 Å². The Labute approximate surface area is 276 Å². The molecule has 0 aliphatic carbocycles. The highest BCUT2D eigenvalue weighted by Crippen LogP contribution is 2.43. The van der Waals surface area contributed by atoms with Gasteiger partial charge in [0.2, 0.25) is 0 Å². The fourth-order valence-corrected chi connectivity index (χ4v) is 6.37. The Morgan fingerprint density at radius 3 is 1.85 bits per heavy atom. The van der Waals surface area contributed by atoms with Crippen molar-refractivity contribution in [1.82, 2.24) is 0 Å². The lowest BCUT2D eigenvalue weighted by Crippen LogP contribution is -2.46.